The van der Waals surface area contributed by atoms with Crippen LogP contribution < -0.4 is 0 Å². The summed E-state index contributed by atoms with van der Waals surface area (Å²) in [6.07, 6.45) is 4.20. The number of benzene rings is 1. The van der Waals surface area contributed by atoms with Crippen LogP contribution in [0.4, 0.5) is 5.69 Å². The Kier molecular flexibility index (Phi) is 4.85. The molecule has 19 heavy (non-hydrogen) atoms. The zero-order valence-electron chi connectivity index (χ0n) is 10.8. The first-order chi connectivity index (χ1) is 8.97. The van der Waals surface area contributed by atoms with Gasteiger partial charge in [0.05, 0.1) is 4.92 Å². The maximum absolute atomic E-state index is 11.1. The van der Waals surface area contributed by atoms with Gasteiger partial charge in [0.15, 0.2) is 0 Å². The van der Waals surface area contributed by atoms with Crippen LogP contribution in [0.1, 0.15) is 31.7 Å². The van der Waals surface area contributed by atoms with E-state index in [2.05, 4.69) is 22.9 Å². The van der Waals surface area contributed by atoms with Crippen LogP contribution >= 0.6 is 27.5 Å². The van der Waals surface area contributed by atoms with Gasteiger partial charge in [-0.2, -0.15) is 0 Å². The molecule has 3 nitrogen and oxygen atoms in total. The van der Waals surface area contributed by atoms with Gasteiger partial charge in [0.25, 0.3) is 5.69 Å². The monoisotopic (exact) mass is 345 g/mol. The molecule has 5 heteroatoms. The van der Waals surface area contributed by atoms with Crippen LogP contribution in [0.5, 0.6) is 0 Å². The number of hydrogen-bond acceptors (Lipinski definition) is 2. The molecule has 0 radical (unpaired) electrons. The summed E-state index contributed by atoms with van der Waals surface area (Å²) in [6.45, 7) is 2.25. The average molecular weight is 347 g/mol. The summed E-state index contributed by atoms with van der Waals surface area (Å²) in [7, 11) is 0. The molecule has 0 aliphatic heterocycles. The summed E-state index contributed by atoms with van der Waals surface area (Å²) in [5.74, 6) is 1.14. The van der Waals surface area contributed by atoms with Gasteiger partial charge in [-0.05, 0) is 49.7 Å². The first-order valence-electron chi connectivity index (χ1n) is 6.54. The molecule has 1 fully saturated rings. The fourth-order valence-corrected chi connectivity index (χ4v) is 3.71. The summed E-state index contributed by atoms with van der Waals surface area (Å²) < 4.78 is 0. The molecule has 0 heterocycles. The highest BCUT2D eigenvalue weighted by Crippen LogP contribution is 2.37. The van der Waals surface area contributed by atoms with E-state index in [4.69, 9.17) is 11.6 Å². The molecule has 1 aliphatic carbocycles. The summed E-state index contributed by atoms with van der Waals surface area (Å²) in [5.41, 5.74) is 0.934. The molecule has 1 aliphatic rings. The summed E-state index contributed by atoms with van der Waals surface area (Å²) >= 11 is 9.69. The van der Waals surface area contributed by atoms with E-state index in [0.29, 0.717) is 21.7 Å². The van der Waals surface area contributed by atoms with Gasteiger partial charge in [0.1, 0.15) is 0 Å². The normalized spacial score (nSPS) is 27.2. The van der Waals surface area contributed by atoms with Crippen molar-refractivity contribution in [3.8, 4) is 0 Å². The van der Waals surface area contributed by atoms with Gasteiger partial charge in [0.2, 0.25) is 0 Å². The molecule has 0 spiro atoms. The SMILES string of the molecule is CC1CCC(Br)C(Cc2cc(Cl)ccc2[N+](=O)[O-])C1. The summed E-state index contributed by atoms with van der Waals surface area (Å²) in [6, 6.07) is 4.82. The van der Waals surface area contributed by atoms with Crippen LogP contribution in [0.3, 0.4) is 0 Å². The van der Waals surface area contributed by atoms with Gasteiger partial charge in [0, 0.05) is 21.5 Å². The van der Waals surface area contributed by atoms with Crippen molar-refractivity contribution >= 4 is 33.2 Å². The highest BCUT2D eigenvalue weighted by Gasteiger charge is 2.28. The second-order valence-electron chi connectivity index (χ2n) is 5.43. The molecule has 1 aromatic carbocycles. The van der Waals surface area contributed by atoms with E-state index < -0.39 is 0 Å². The number of hydrogen-bond donors (Lipinski definition) is 0. The zero-order valence-corrected chi connectivity index (χ0v) is 13.2. The molecular weight excluding hydrogens is 330 g/mol. The number of rotatable bonds is 3. The summed E-state index contributed by atoms with van der Waals surface area (Å²) in [4.78, 5) is 11.2. The van der Waals surface area contributed by atoms with Gasteiger partial charge in [-0.25, -0.2) is 0 Å². The van der Waals surface area contributed by atoms with E-state index in [-0.39, 0.29) is 10.6 Å². The number of halogens is 2. The Morgan fingerprint density at radius 3 is 2.89 bits per heavy atom. The molecule has 104 valence electrons. The van der Waals surface area contributed by atoms with Crippen molar-refractivity contribution in [2.75, 3.05) is 0 Å². The molecule has 0 saturated heterocycles. The Balaban J connectivity index is 2.22. The van der Waals surface area contributed by atoms with E-state index in [1.807, 2.05) is 0 Å². The van der Waals surface area contributed by atoms with E-state index in [9.17, 15) is 10.1 Å². The van der Waals surface area contributed by atoms with Crippen molar-refractivity contribution in [2.45, 2.75) is 37.4 Å². The molecule has 0 bridgehead atoms. The van der Waals surface area contributed by atoms with Crippen LogP contribution in [-0.4, -0.2) is 9.75 Å². The fourth-order valence-electron chi connectivity index (χ4n) is 2.85. The highest BCUT2D eigenvalue weighted by atomic mass is 79.9. The van der Waals surface area contributed by atoms with Gasteiger partial charge < -0.3 is 0 Å². The Morgan fingerprint density at radius 2 is 2.21 bits per heavy atom. The Morgan fingerprint density at radius 1 is 1.47 bits per heavy atom. The first-order valence-corrected chi connectivity index (χ1v) is 7.83. The topological polar surface area (TPSA) is 43.1 Å². The van der Waals surface area contributed by atoms with Crippen LogP contribution in [0, 0.1) is 22.0 Å². The second-order valence-corrected chi connectivity index (χ2v) is 7.04. The standard InChI is InChI=1S/C14H17BrClNO2/c1-9-2-4-13(15)10(6-9)7-11-8-12(16)3-5-14(11)17(18)19/h3,5,8-10,13H,2,4,6-7H2,1H3. The number of nitro benzene ring substituents is 1. The highest BCUT2D eigenvalue weighted by molar-refractivity contribution is 9.09. The predicted molar refractivity (Wildman–Crippen MR) is 81.0 cm³/mol. The molecule has 3 unspecified atom stereocenters. The fraction of sp³-hybridized carbons (Fsp3) is 0.571. The minimum Gasteiger partial charge on any atom is -0.258 e. The van der Waals surface area contributed by atoms with Crippen LogP contribution in [0.15, 0.2) is 18.2 Å². The van der Waals surface area contributed by atoms with Crippen molar-refractivity contribution < 1.29 is 4.92 Å². The van der Waals surface area contributed by atoms with Crippen LogP contribution in [-0.2, 0) is 6.42 Å². The van der Waals surface area contributed by atoms with E-state index in [1.165, 1.54) is 12.5 Å². The lowest BCUT2D eigenvalue weighted by Crippen LogP contribution is -2.25. The minimum absolute atomic E-state index is 0.183. The smallest absolute Gasteiger partial charge is 0.258 e. The van der Waals surface area contributed by atoms with Crippen molar-refractivity contribution in [2.24, 2.45) is 11.8 Å². The predicted octanol–water partition coefficient (Wildman–Crippen LogP) is 4.99. The quantitative estimate of drug-likeness (QED) is 0.439. The van der Waals surface area contributed by atoms with E-state index in [1.54, 1.807) is 12.1 Å². The van der Waals surface area contributed by atoms with Crippen molar-refractivity contribution in [1.82, 2.24) is 0 Å². The lowest BCUT2D eigenvalue weighted by atomic mass is 9.79. The largest absolute Gasteiger partial charge is 0.272 e. The Bertz CT molecular complexity index is 481. The minimum atomic E-state index is -0.318. The Labute approximate surface area is 126 Å². The molecule has 2 rings (SSSR count). The maximum atomic E-state index is 11.1. The summed E-state index contributed by atoms with van der Waals surface area (Å²) in [5, 5.41) is 11.6. The van der Waals surface area contributed by atoms with Crippen molar-refractivity contribution in [3.05, 3.63) is 38.9 Å². The molecule has 1 aromatic rings. The van der Waals surface area contributed by atoms with Crippen LogP contribution in [0.25, 0.3) is 0 Å². The lowest BCUT2D eigenvalue weighted by molar-refractivity contribution is -0.385. The number of nitrogens with zero attached hydrogens (tertiary/aromatic N) is 1. The van der Waals surface area contributed by atoms with E-state index in [0.717, 1.165) is 24.8 Å². The van der Waals surface area contributed by atoms with Gasteiger partial charge in [-0.15, -0.1) is 0 Å². The van der Waals surface area contributed by atoms with Crippen LogP contribution in [0.2, 0.25) is 5.02 Å². The van der Waals surface area contributed by atoms with Gasteiger partial charge in [-0.1, -0.05) is 34.5 Å². The molecule has 0 aromatic heterocycles. The van der Waals surface area contributed by atoms with Gasteiger partial charge >= 0.3 is 0 Å². The zero-order chi connectivity index (χ0) is 14.0. The second kappa shape index (κ2) is 6.23. The molecule has 1 saturated carbocycles. The third kappa shape index (κ3) is 3.69. The molecule has 0 amide bonds. The average Bonchev–Trinajstić information content (AvgIpc) is 2.33. The number of nitro groups is 1. The first kappa shape index (κ1) is 14.8. The van der Waals surface area contributed by atoms with Crippen molar-refractivity contribution in [1.29, 1.82) is 0 Å². The lowest BCUT2D eigenvalue weighted by Gasteiger charge is -2.31. The van der Waals surface area contributed by atoms with Gasteiger partial charge in [-0.3, -0.25) is 10.1 Å². The third-order valence-electron chi connectivity index (χ3n) is 3.87. The third-order valence-corrected chi connectivity index (χ3v) is 5.31. The molecule has 0 N–H and O–H groups in total. The number of alkyl halides is 1. The van der Waals surface area contributed by atoms with E-state index >= 15 is 0 Å². The molecular formula is C14H17BrClNO2. The van der Waals surface area contributed by atoms with Crippen molar-refractivity contribution in [3.63, 3.8) is 0 Å². The molecule has 3 atom stereocenters. The Hall–Kier alpha value is -0.610. The maximum Gasteiger partial charge on any atom is 0.272 e.